The molecule has 2 aliphatic rings. The summed E-state index contributed by atoms with van der Waals surface area (Å²) >= 11 is 0. The highest BCUT2D eigenvalue weighted by atomic mass is 16.5. The summed E-state index contributed by atoms with van der Waals surface area (Å²) in [6.45, 7) is 1.73. The Morgan fingerprint density at radius 1 is 1.22 bits per heavy atom. The molecule has 2 atom stereocenters. The van der Waals surface area contributed by atoms with Gasteiger partial charge in [-0.1, -0.05) is 6.42 Å². The summed E-state index contributed by atoms with van der Waals surface area (Å²) in [5.74, 6) is 1.14. The number of aliphatic imine (C=N–C) groups is 1. The van der Waals surface area contributed by atoms with Crippen LogP contribution in [0, 0.1) is 5.92 Å². The van der Waals surface area contributed by atoms with Crippen LogP contribution < -0.4 is 5.32 Å². The topological polar surface area (TPSA) is 110 Å². The zero-order chi connectivity index (χ0) is 22.3. The highest BCUT2D eigenvalue weighted by molar-refractivity contribution is 5.92. The lowest BCUT2D eigenvalue weighted by Crippen LogP contribution is -2.19. The van der Waals surface area contributed by atoms with Gasteiger partial charge in [0.25, 0.3) is 5.91 Å². The van der Waals surface area contributed by atoms with Crippen molar-refractivity contribution >= 4 is 17.8 Å². The third kappa shape index (κ3) is 5.19. The largest absolute Gasteiger partial charge is 0.396 e. The minimum Gasteiger partial charge on any atom is -0.396 e. The molecule has 8 nitrogen and oxygen atoms in total. The molecule has 0 spiro atoms. The first-order valence-corrected chi connectivity index (χ1v) is 11.5. The molecule has 32 heavy (non-hydrogen) atoms. The molecule has 4 heterocycles. The van der Waals surface area contributed by atoms with E-state index in [-0.39, 0.29) is 24.3 Å². The van der Waals surface area contributed by atoms with Crippen molar-refractivity contribution in [2.75, 3.05) is 26.9 Å². The first-order chi connectivity index (χ1) is 15.7. The molecule has 1 saturated heterocycles. The number of carbonyl (C=O) groups is 1. The van der Waals surface area contributed by atoms with E-state index in [1.54, 1.807) is 19.3 Å². The van der Waals surface area contributed by atoms with Gasteiger partial charge < -0.3 is 15.2 Å². The minimum absolute atomic E-state index is 0.183. The molecule has 4 rings (SSSR count). The number of amides is 1. The molecule has 170 valence electrons. The second-order valence-electron chi connectivity index (χ2n) is 8.44. The summed E-state index contributed by atoms with van der Waals surface area (Å²) in [4.78, 5) is 30.9. The number of aromatic nitrogens is 3. The predicted molar refractivity (Wildman–Crippen MR) is 122 cm³/mol. The van der Waals surface area contributed by atoms with Crippen LogP contribution in [-0.2, 0) is 11.2 Å². The number of hydrogen-bond acceptors (Lipinski definition) is 7. The fraction of sp³-hybridized carbons (Fsp3) is 0.542. The number of aliphatic hydroxyl groups is 1. The number of fused-ring (bicyclic) bond motifs is 1. The standard InChI is InChI=1S/C24H31N5O3/c1-25-24(31)19-8-7-18(15-26-19)21-22-20(13-16(14-27-22)5-4-10-30)28-23(29-21)17-6-2-3-11-32-12-9-17/h7-8,14-17,30H,2-6,9-13H2,1H3,(H,25,31). The molecule has 0 aromatic carbocycles. The highest BCUT2D eigenvalue weighted by Gasteiger charge is 2.25. The molecule has 2 unspecified atom stereocenters. The van der Waals surface area contributed by atoms with Crippen molar-refractivity contribution in [1.29, 1.82) is 0 Å². The Balaban J connectivity index is 1.72. The second-order valence-corrected chi connectivity index (χ2v) is 8.44. The lowest BCUT2D eigenvalue weighted by molar-refractivity contribution is 0.0958. The number of pyridine rings is 1. The van der Waals surface area contributed by atoms with Crippen LogP contribution in [0.1, 0.15) is 66.4 Å². The van der Waals surface area contributed by atoms with Crippen LogP contribution in [0.5, 0.6) is 0 Å². The molecule has 2 aromatic heterocycles. The van der Waals surface area contributed by atoms with Gasteiger partial charge in [-0.15, -0.1) is 0 Å². The lowest BCUT2D eigenvalue weighted by Gasteiger charge is -2.24. The van der Waals surface area contributed by atoms with Gasteiger partial charge in [0.2, 0.25) is 0 Å². The van der Waals surface area contributed by atoms with E-state index in [1.165, 1.54) is 0 Å². The Hall–Kier alpha value is -2.71. The molecule has 0 radical (unpaired) electrons. The van der Waals surface area contributed by atoms with E-state index in [9.17, 15) is 9.90 Å². The van der Waals surface area contributed by atoms with E-state index in [2.05, 4.69) is 10.3 Å². The van der Waals surface area contributed by atoms with Gasteiger partial charge >= 0.3 is 0 Å². The first-order valence-electron chi connectivity index (χ1n) is 11.5. The molecule has 2 aliphatic heterocycles. The van der Waals surface area contributed by atoms with Crippen molar-refractivity contribution in [2.24, 2.45) is 10.9 Å². The van der Waals surface area contributed by atoms with Crippen LogP contribution >= 0.6 is 0 Å². The van der Waals surface area contributed by atoms with Gasteiger partial charge in [-0.05, 0) is 56.6 Å². The van der Waals surface area contributed by atoms with Gasteiger partial charge in [-0.3, -0.25) is 14.8 Å². The quantitative estimate of drug-likeness (QED) is 0.718. The third-order valence-electron chi connectivity index (χ3n) is 6.14. The van der Waals surface area contributed by atoms with Gasteiger partial charge in [-0.25, -0.2) is 9.97 Å². The first kappa shape index (κ1) is 22.5. The van der Waals surface area contributed by atoms with E-state index >= 15 is 0 Å². The average Bonchev–Trinajstić information content (AvgIpc) is 2.81. The lowest BCUT2D eigenvalue weighted by atomic mass is 9.93. The Labute approximate surface area is 188 Å². The summed E-state index contributed by atoms with van der Waals surface area (Å²) in [5, 5.41) is 11.8. The third-order valence-corrected chi connectivity index (χ3v) is 6.14. The molecule has 0 aliphatic carbocycles. The number of carbonyl (C=O) groups excluding carboxylic acids is 1. The molecular formula is C24H31N5O3. The summed E-state index contributed by atoms with van der Waals surface area (Å²) < 4.78 is 5.71. The number of rotatable bonds is 6. The minimum atomic E-state index is -0.221. The van der Waals surface area contributed by atoms with Crippen LogP contribution in [-0.4, -0.2) is 59.0 Å². The summed E-state index contributed by atoms with van der Waals surface area (Å²) in [7, 11) is 1.59. The number of hydrogen-bond donors (Lipinski definition) is 2. The number of nitrogens with one attached hydrogen (secondary N) is 1. The van der Waals surface area contributed by atoms with Gasteiger partial charge in [0.05, 0.1) is 5.69 Å². The zero-order valence-electron chi connectivity index (χ0n) is 18.6. The zero-order valence-corrected chi connectivity index (χ0v) is 18.6. The monoisotopic (exact) mass is 437 g/mol. The summed E-state index contributed by atoms with van der Waals surface area (Å²) in [5.41, 5.74) is 3.69. The normalized spacial score (nSPS) is 20.8. The van der Waals surface area contributed by atoms with Crippen LogP contribution in [0.4, 0.5) is 5.69 Å². The van der Waals surface area contributed by atoms with Crippen LogP contribution in [0.15, 0.2) is 23.3 Å². The average molecular weight is 438 g/mol. The number of aliphatic hydroxyl groups excluding tert-OH is 1. The Morgan fingerprint density at radius 3 is 2.91 bits per heavy atom. The molecule has 8 heteroatoms. The number of ether oxygens (including phenoxy) is 1. The van der Waals surface area contributed by atoms with Crippen molar-refractivity contribution in [3.8, 4) is 11.3 Å². The van der Waals surface area contributed by atoms with E-state index in [0.717, 1.165) is 86.6 Å². The van der Waals surface area contributed by atoms with Crippen LogP contribution in [0.2, 0.25) is 0 Å². The summed E-state index contributed by atoms with van der Waals surface area (Å²) in [6.07, 6.45) is 10.2. The van der Waals surface area contributed by atoms with E-state index < -0.39 is 0 Å². The molecule has 2 aromatic rings. The predicted octanol–water partition coefficient (Wildman–Crippen LogP) is 3.22. The smallest absolute Gasteiger partial charge is 0.269 e. The second kappa shape index (κ2) is 10.7. The van der Waals surface area contributed by atoms with Crippen molar-refractivity contribution < 1.29 is 14.6 Å². The highest BCUT2D eigenvalue weighted by Crippen LogP contribution is 2.37. The molecular weight excluding hydrogens is 406 g/mol. The Kier molecular flexibility index (Phi) is 7.55. The Morgan fingerprint density at radius 2 is 2.12 bits per heavy atom. The van der Waals surface area contributed by atoms with E-state index in [4.69, 9.17) is 19.7 Å². The molecule has 2 N–H and O–H groups in total. The Bertz CT molecular complexity index is 953. The maximum Gasteiger partial charge on any atom is 0.269 e. The van der Waals surface area contributed by atoms with E-state index in [1.807, 2.05) is 12.3 Å². The van der Waals surface area contributed by atoms with Crippen molar-refractivity contribution in [2.45, 2.75) is 50.9 Å². The van der Waals surface area contributed by atoms with Gasteiger partial charge in [-0.2, -0.15) is 0 Å². The van der Waals surface area contributed by atoms with Crippen LogP contribution in [0.25, 0.3) is 11.3 Å². The summed E-state index contributed by atoms with van der Waals surface area (Å²) in [6, 6.07) is 3.58. The molecule has 1 amide bonds. The van der Waals surface area contributed by atoms with Crippen molar-refractivity contribution in [3.63, 3.8) is 0 Å². The van der Waals surface area contributed by atoms with Gasteiger partial charge in [0, 0.05) is 50.8 Å². The SMILES string of the molecule is CNC(=O)c1ccc(-c2nc(C3CCCCOCC3)nc3c2N=CC(CCCO)C3)cn1. The molecule has 0 bridgehead atoms. The van der Waals surface area contributed by atoms with Crippen molar-refractivity contribution in [3.05, 3.63) is 35.5 Å². The van der Waals surface area contributed by atoms with E-state index in [0.29, 0.717) is 5.69 Å². The van der Waals surface area contributed by atoms with Crippen LogP contribution in [0.3, 0.4) is 0 Å². The van der Waals surface area contributed by atoms with Gasteiger partial charge in [0.15, 0.2) is 0 Å². The fourth-order valence-electron chi connectivity index (χ4n) is 4.31. The maximum absolute atomic E-state index is 11.9. The molecule has 1 fully saturated rings. The van der Waals surface area contributed by atoms with Crippen molar-refractivity contribution in [1.82, 2.24) is 20.3 Å². The number of nitrogens with zero attached hydrogens (tertiary/aromatic N) is 4. The maximum atomic E-state index is 11.9. The fourth-order valence-corrected chi connectivity index (χ4v) is 4.31. The van der Waals surface area contributed by atoms with Gasteiger partial charge in [0.1, 0.15) is 22.9 Å². The molecule has 0 saturated carbocycles.